The Bertz CT molecular complexity index is 989. The maximum atomic E-state index is 13.1. The minimum Gasteiger partial charge on any atom is -0.493 e. The number of ether oxygens (including phenoxy) is 2. The lowest BCUT2D eigenvalue weighted by Crippen LogP contribution is -2.27. The summed E-state index contributed by atoms with van der Waals surface area (Å²) in [4.78, 5) is 37.1. The summed E-state index contributed by atoms with van der Waals surface area (Å²) >= 11 is 0.757. The van der Waals surface area contributed by atoms with E-state index in [0.29, 0.717) is 16.9 Å². The molecule has 0 aliphatic carbocycles. The number of hydrogen-bond donors (Lipinski definition) is 1. The van der Waals surface area contributed by atoms with E-state index in [1.807, 2.05) is 0 Å². The van der Waals surface area contributed by atoms with E-state index in [2.05, 4.69) is 0 Å². The van der Waals surface area contributed by atoms with Gasteiger partial charge in [-0.3, -0.25) is 14.5 Å². The van der Waals surface area contributed by atoms with Crippen molar-refractivity contribution in [1.29, 1.82) is 0 Å². The second-order valence-corrected chi connectivity index (χ2v) is 6.95. The van der Waals surface area contributed by atoms with E-state index in [9.17, 15) is 18.8 Å². The van der Waals surface area contributed by atoms with E-state index >= 15 is 0 Å². The molecule has 2 aromatic carbocycles. The van der Waals surface area contributed by atoms with Crippen LogP contribution in [0.1, 0.15) is 11.1 Å². The molecule has 0 bridgehead atoms. The molecule has 0 spiro atoms. The summed E-state index contributed by atoms with van der Waals surface area (Å²) in [5, 5.41) is 8.41. The zero-order chi connectivity index (χ0) is 21.0. The number of imide groups is 1. The highest BCUT2D eigenvalue weighted by Crippen LogP contribution is 2.37. The highest BCUT2D eigenvalue weighted by Gasteiger charge is 2.35. The van der Waals surface area contributed by atoms with E-state index in [-0.39, 0.29) is 17.2 Å². The number of aliphatic carboxylic acids is 1. The van der Waals surface area contributed by atoms with E-state index in [1.165, 1.54) is 37.5 Å². The number of carboxylic acids is 1. The smallest absolute Gasteiger partial charge is 0.341 e. The van der Waals surface area contributed by atoms with Crippen LogP contribution in [-0.2, 0) is 16.1 Å². The Balaban J connectivity index is 1.87. The zero-order valence-corrected chi connectivity index (χ0v) is 16.1. The number of carbonyl (C=O) groups is 3. The summed E-state index contributed by atoms with van der Waals surface area (Å²) in [6, 6.07) is 10.4. The Kier molecular flexibility index (Phi) is 6.18. The first kappa shape index (κ1) is 20.4. The second kappa shape index (κ2) is 8.78. The fraction of sp³-hybridized carbons (Fsp3) is 0.150. The molecule has 9 heteroatoms. The van der Waals surface area contributed by atoms with Crippen LogP contribution in [0.2, 0.25) is 0 Å². The Morgan fingerprint density at radius 2 is 1.93 bits per heavy atom. The fourth-order valence-electron chi connectivity index (χ4n) is 2.65. The molecule has 29 heavy (non-hydrogen) atoms. The first-order valence-electron chi connectivity index (χ1n) is 8.40. The molecule has 3 rings (SSSR count). The highest BCUT2D eigenvalue weighted by atomic mass is 32.2. The number of carbonyl (C=O) groups excluding carboxylic acids is 2. The summed E-state index contributed by atoms with van der Waals surface area (Å²) in [7, 11) is 1.41. The predicted octanol–water partition coefficient (Wildman–Crippen LogP) is 3.53. The van der Waals surface area contributed by atoms with Crippen LogP contribution in [0.3, 0.4) is 0 Å². The molecule has 0 atom stereocenters. The molecule has 150 valence electrons. The standard InChI is InChI=1S/C20H16FNO6S/c1-27-15-4-2-3-13(18(15)28-11-17(23)24)9-16-19(25)22(20(26)29-16)10-12-5-7-14(21)8-6-12/h2-9H,10-11H2,1H3,(H,23,24)/b16-9-. The van der Waals surface area contributed by atoms with Gasteiger partial charge in [0.1, 0.15) is 5.82 Å². The minimum absolute atomic E-state index is 0.0166. The third-order valence-corrected chi connectivity index (χ3v) is 4.89. The monoisotopic (exact) mass is 417 g/mol. The van der Waals surface area contributed by atoms with Gasteiger partial charge in [0.25, 0.3) is 11.1 Å². The highest BCUT2D eigenvalue weighted by molar-refractivity contribution is 8.18. The van der Waals surface area contributed by atoms with Gasteiger partial charge in [0.05, 0.1) is 18.6 Å². The van der Waals surface area contributed by atoms with Crippen molar-refractivity contribution in [1.82, 2.24) is 4.90 Å². The Morgan fingerprint density at radius 3 is 2.59 bits per heavy atom. The number of amides is 2. The molecule has 0 saturated carbocycles. The molecule has 1 aliphatic rings. The maximum absolute atomic E-state index is 13.1. The third kappa shape index (κ3) is 4.75. The SMILES string of the molecule is COc1cccc(/C=C2\SC(=O)N(Cc3ccc(F)cc3)C2=O)c1OCC(=O)O. The van der Waals surface area contributed by atoms with Crippen LogP contribution in [0, 0.1) is 5.82 Å². The van der Waals surface area contributed by atoms with E-state index < -0.39 is 29.5 Å². The van der Waals surface area contributed by atoms with Gasteiger partial charge in [-0.25, -0.2) is 9.18 Å². The molecule has 0 aromatic heterocycles. The first-order valence-corrected chi connectivity index (χ1v) is 9.22. The van der Waals surface area contributed by atoms with Gasteiger partial charge < -0.3 is 14.6 Å². The van der Waals surface area contributed by atoms with Crippen LogP contribution >= 0.6 is 11.8 Å². The van der Waals surface area contributed by atoms with Crippen molar-refractivity contribution < 1.29 is 33.4 Å². The van der Waals surface area contributed by atoms with Crippen molar-refractivity contribution in [2.75, 3.05) is 13.7 Å². The number of para-hydroxylation sites is 1. The molecule has 1 fully saturated rings. The Morgan fingerprint density at radius 1 is 1.21 bits per heavy atom. The quantitative estimate of drug-likeness (QED) is 0.689. The molecule has 2 amide bonds. The fourth-order valence-corrected chi connectivity index (χ4v) is 3.47. The molecule has 7 nitrogen and oxygen atoms in total. The number of thioether (sulfide) groups is 1. The molecule has 1 N–H and O–H groups in total. The molecular weight excluding hydrogens is 401 g/mol. The van der Waals surface area contributed by atoms with Crippen molar-refractivity contribution in [3.63, 3.8) is 0 Å². The first-order chi connectivity index (χ1) is 13.9. The third-order valence-electron chi connectivity index (χ3n) is 3.98. The number of benzene rings is 2. The van der Waals surface area contributed by atoms with Crippen molar-refractivity contribution in [2.24, 2.45) is 0 Å². The van der Waals surface area contributed by atoms with Gasteiger partial charge in [0.2, 0.25) is 0 Å². The molecule has 1 aliphatic heterocycles. The second-order valence-electron chi connectivity index (χ2n) is 5.96. The topological polar surface area (TPSA) is 93.1 Å². The van der Waals surface area contributed by atoms with Gasteiger partial charge in [0, 0.05) is 5.56 Å². The van der Waals surface area contributed by atoms with E-state index in [4.69, 9.17) is 14.6 Å². The lowest BCUT2D eigenvalue weighted by atomic mass is 10.1. The number of halogens is 1. The number of rotatable bonds is 7. The van der Waals surface area contributed by atoms with Crippen LogP contribution in [0.15, 0.2) is 47.4 Å². The van der Waals surface area contributed by atoms with Gasteiger partial charge in [0.15, 0.2) is 18.1 Å². The average molecular weight is 417 g/mol. The van der Waals surface area contributed by atoms with Gasteiger partial charge >= 0.3 is 5.97 Å². The summed E-state index contributed by atoms with van der Waals surface area (Å²) in [5.74, 6) is -1.62. The summed E-state index contributed by atoms with van der Waals surface area (Å²) in [6.45, 7) is -0.573. The lowest BCUT2D eigenvalue weighted by Gasteiger charge is -2.13. The van der Waals surface area contributed by atoms with Gasteiger partial charge in [-0.2, -0.15) is 0 Å². The van der Waals surface area contributed by atoms with Crippen LogP contribution in [0.4, 0.5) is 9.18 Å². The number of nitrogens with zero attached hydrogens (tertiary/aromatic N) is 1. The van der Waals surface area contributed by atoms with E-state index in [1.54, 1.807) is 18.2 Å². The van der Waals surface area contributed by atoms with E-state index in [0.717, 1.165) is 16.7 Å². The van der Waals surface area contributed by atoms with Crippen molar-refractivity contribution >= 4 is 35.0 Å². The summed E-state index contributed by atoms with van der Waals surface area (Å²) < 4.78 is 23.5. The van der Waals surface area contributed by atoms with Crippen LogP contribution in [0.25, 0.3) is 6.08 Å². The van der Waals surface area contributed by atoms with Crippen LogP contribution in [-0.4, -0.2) is 40.8 Å². The Labute approximate surface area is 169 Å². The molecule has 0 unspecified atom stereocenters. The lowest BCUT2D eigenvalue weighted by molar-refractivity contribution is -0.139. The van der Waals surface area contributed by atoms with Crippen molar-refractivity contribution in [2.45, 2.75) is 6.54 Å². The molecule has 2 aromatic rings. The van der Waals surface area contributed by atoms with Crippen molar-refractivity contribution in [3.05, 3.63) is 64.3 Å². The number of hydrogen-bond acceptors (Lipinski definition) is 6. The normalized spacial score (nSPS) is 15.1. The summed E-state index contributed by atoms with van der Waals surface area (Å²) in [5.41, 5.74) is 1.01. The minimum atomic E-state index is -1.17. The molecule has 0 radical (unpaired) electrons. The summed E-state index contributed by atoms with van der Waals surface area (Å²) in [6.07, 6.45) is 1.45. The maximum Gasteiger partial charge on any atom is 0.341 e. The number of methoxy groups -OCH3 is 1. The largest absolute Gasteiger partial charge is 0.493 e. The predicted molar refractivity (Wildman–Crippen MR) is 104 cm³/mol. The zero-order valence-electron chi connectivity index (χ0n) is 15.3. The van der Waals surface area contributed by atoms with Crippen LogP contribution in [0.5, 0.6) is 11.5 Å². The molecular formula is C20H16FNO6S. The van der Waals surface area contributed by atoms with Crippen molar-refractivity contribution in [3.8, 4) is 11.5 Å². The molecule has 1 saturated heterocycles. The number of carboxylic acid groups (broad SMARTS) is 1. The molecule has 1 heterocycles. The van der Waals surface area contributed by atoms with Gasteiger partial charge in [-0.1, -0.05) is 24.3 Å². The van der Waals surface area contributed by atoms with Gasteiger partial charge in [-0.15, -0.1) is 0 Å². The van der Waals surface area contributed by atoms with Gasteiger partial charge in [-0.05, 0) is 41.6 Å². The average Bonchev–Trinajstić information content (AvgIpc) is 2.95. The Hall–Kier alpha value is -3.33. The van der Waals surface area contributed by atoms with Crippen LogP contribution < -0.4 is 9.47 Å².